The molecule has 0 unspecified atom stereocenters. The van der Waals surface area contributed by atoms with Gasteiger partial charge in [-0.05, 0) is 17.5 Å². The first kappa shape index (κ1) is 25.9. The van der Waals surface area contributed by atoms with E-state index < -0.39 is 5.97 Å². The fourth-order valence-corrected chi connectivity index (χ4v) is 3.56. The largest absolute Gasteiger partial charge is 0.481 e. The third-order valence-corrected chi connectivity index (χ3v) is 5.38. The van der Waals surface area contributed by atoms with E-state index in [4.69, 9.17) is 5.11 Å². The Balaban J connectivity index is 0.000000321. The van der Waals surface area contributed by atoms with Gasteiger partial charge in [0.2, 0.25) is 0 Å². The van der Waals surface area contributed by atoms with E-state index in [0.717, 1.165) is 12.8 Å². The summed E-state index contributed by atoms with van der Waals surface area (Å²) in [4.78, 5) is 10.3. The Morgan fingerprint density at radius 3 is 1.23 bits per heavy atom. The molecule has 0 atom stereocenters. The molecule has 2 heteroatoms. The SMILES string of the molecule is CCCCCCCCCCCCCCCC(=O)O.c1ccc(-c2ccccc2)cc1. The zero-order chi connectivity index (χ0) is 21.7. The highest BCUT2D eigenvalue weighted by molar-refractivity contribution is 5.66. The van der Waals surface area contributed by atoms with Crippen LogP contribution in [0.15, 0.2) is 60.7 Å². The number of hydrogen-bond acceptors (Lipinski definition) is 1. The molecule has 0 aliphatic carbocycles. The number of hydrogen-bond donors (Lipinski definition) is 1. The summed E-state index contributed by atoms with van der Waals surface area (Å²) >= 11 is 0. The van der Waals surface area contributed by atoms with E-state index in [1.165, 1.54) is 81.8 Å². The molecule has 0 bridgehead atoms. The van der Waals surface area contributed by atoms with Gasteiger partial charge in [-0.1, -0.05) is 145 Å². The molecule has 30 heavy (non-hydrogen) atoms. The number of rotatable bonds is 15. The van der Waals surface area contributed by atoms with Crippen molar-refractivity contribution in [1.82, 2.24) is 0 Å². The first-order chi connectivity index (χ1) is 14.7. The molecule has 166 valence electrons. The first-order valence-corrected chi connectivity index (χ1v) is 12.1. The van der Waals surface area contributed by atoms with E-state index in [-0.39, 0.29) is 0 Å². The molecule has 0 amide bonds. The summed E-state index contributed by atoms with van der Waals surface area (Å²) in [6, 6.07) is 20.8. The maximum Gasteiger partial charge on any atom is 0.303 e. The van der Waals surface area contributed by atoms with Crippen LogP contribution in [-0.4, -0.2) is 11.1 Å². The van der Waals surface area contributed by atoms with Crippen molar-refractivity contribution in [1.29, 1.82) is 0 Å². The minimum atomic E-state index is -0.655. The molecule has 0 spiro atoms. The lowest BCUT2D eigenvalue weighted by molar-refractivity contribution is -0.137. The van der Waals surface area contributed by atoms with Crippen molar-refractivity contribution in [2.45, 2.75) is 96.8 Å². The molecular formula is C28H42O2. The fraction of sp³-hybridized carbons (Fsp3) is 0.536. The van der Waals surface area contributed by atoms with Crippen LogP contribution in [0.1, 0.15) is 96.8 Å². The van der Waals surface area contributed by atoms with Crippen LogP contribution < -0.4 is 0 Å². The van der Waals surface area contributed by atoms with E-state index >= 15 is 0 Å². The van der Waals surface area contributed by atoms with Crippen molar-refractivity contribution in [3.63, 3.8) is 0 Å². The Morgan fingerprint density at radius 2 is 0.900 bits per heavy atom. The summed E-state index contributed by atoms with van der Waals surface area (Å²) in [7, 11) is 0. The molecule has 0 radical (unpaired) electrons. The van der Waals surface area contributed by atoms with Gasteiger partial charge in [0.15, 0.2) is 0 Å². The molecule has 2 rings (SSSR count). The third kappa shape index (κ3) is 14.8. The molecular weight excluding hydrogens is 368 g/mol. The molecule has 1 N–H and O–H groups in total. The second-order valence-corrected chi connectivity index (χ2v) is 8.12. The summed E-state index contributed by atoms with van der Waals surface area (Å²) in [5, 5.41) is 8.49. The number of unbranched alkanes of at least 4 members (excludes halogenated alkanes) is 12. The van der Waals surface area contributed by atoms with Crippen LogP contribution in [-0.2, 0) is 4.79 Å². The molecule has 2 aromatic rings. The maximum atomic E-state index is 10.3. The van der Waals surface area contributed by atoms with E-state index in [1.54, 1.807) is 0 Å². The quantitative estimate of drug-likeness (QED) is 0.298. The van der Waals surface area contributed by atoms with Crippen LogP contribution in [0.3, 0.4) is 0 Å². The highest BCUT2D eigenvalue weighted by Gasteiger charge is 1.97. The Morgan fingerprint density at radius 1 is 0.567 bits per heavy atom. The standard InChI is InChI=1S/C16H32O2.C12H10/c1-2-3-4-5-6-7-8-9-10-11-12-13-14-15-16(17)18;1-3-7-11(8-4-1)12-9-5-2-6-10-12/h2-15H2,1H3,(H,17,18);1-10H. The maximum absolute atomic E-state index is 10.3. The summed E-state index contributed by atoms with van der Waals surface area (Å²) in [5.41, 5.74) is 2.55. The molecule has 0 saturated heterocycles. The lowest BCUT2D eigenvalue weighted by Gasteiger charge is -2.02. The van der Waals surface area contributed by atoms with Crippen molar-refractivity contribution in [2.24, 2.45) is 0 Å². The van der Waals surface area contributed by atoms with Gasteiger partial charge in [-0.2, -0.15) is 0 Å². The van der Waals surface area contributed by atoms with Crippen LogP contribution in [0.5, 0.6) is 0 Å². The lowest BCUT2D eigenvalue weighted by atomic mass is 10.0. The second-order valence-electron chi connectivity index (χ2n) is 8.12. The van der Waals surface area contributed by atoms with Gasteiger partial charge in [0.1, 0.15) is 0 Å². The smallest absolute Gasteiger partial charge is 0.303 e. The van der Waals surface area contributed by atoms with Crippen LogP contribution in [0, 0.1) is 0 Å². The van der Waals surface area contributed by atoms with Crippen LogP contribution >= 0.6 is 0 Å². The average Bonchev–Trinajstić information content (AvgIpc) is 2.78. The topological polar surface area (TPSA) is 37.3 Å². The Hall–Kier alpha value is -2.09. The molecule has 2 nitrogen and oxygen atoms in total. The monoisotopic (exact) mass is 410 g/mol. The zero-order valence-corrected chi connectivity index (χ0v) is 19.0. The molecule has 2 aromatic carbocycles. The van der Waals surface area contributed by atoms with Crippen molar-refractivity contribution < 1.29 is 9.90 Å². The average molecular weight is 411 g/mol. The summed E-state index contributed by atoms with van der Waals surface area (Å²) in [5.74, 6) is -0.655. The van der Waals surface area contributed by atoms with Crippen molar-refractivity contribution in [2.75, 3.05) is 0 Å². The minimum Gasteiger partial charge on any atom is -0.481 e. The lowest BCUT2D eigenvalue weighted by Crippen LogP contribution is -1.93. The first-order valence-electron chi connectivity index (χ1n) is 12.1. The summed E-state index contributed by atoms with van der Waals surface area (Å²) in [6.45, 7) is 2.26. The fourth-order valence-electron chi connectivity index (χ4n) is 3.56. The Bertz CT molecular complexity index is 584. The van der Waals surface area contributed by atoms with Gasteiger partial charge in [0.25, 0.3) is 0 Å². The summed E-state index contributed by atoms with van der Waals surface area (Å²) < 4.78 is 0. The molecule has 0 heterocycles. The highest BCUT2D eigenvalue weighted by atomic mass is 16.4. The van der Waals surface area contributed by atoms with Crippen LogP contribution in [0.25, 0.3) is 11.1 Å². The van der Waals surface area contributed by atoms with Gasteiger partial charge in [0.05, 0.1) is 0 Å². The van der Waals surface area contributed by atoms with E-state index in [9.17, 15) is 4.79 Å². The Kier molecular flexibility index (Phi) is 16.4. The number of carbonyl (C=O) groups is 1. The highest BCUT2D eigenvalue weighted by Crippen LogP contribution is 2.17. The van der Waals surface area contributed by atoms with Crippen LogP contribution in [0.2, 0.25) is 0 Å². The molecule has 0 saturated carbocycles. The van der Waals surface area contributed by atoms with Gasteiger partial charge in [-0.15, -0.1) is 0 Å². The number of carboxylic acids is 1. The van der Waals surface area contributed by atoms with Gasteiger partial charge in [-0.3, -0.25) is 4.79 Å². The third-order valence-electron chi connectivity index (χ3n) is 5.38. The van der Waals surface area contributed by atoms with Crippen molar-refractivity contribution >= 4 is 5.97 Å². The number of benzene rings is 2. The summed E-state index contributed by atoms with van der Waals surface area (Å²) in [6.07, 6.45) is 17.3. The molecule has 0 aliphatic heterocycles. The van der Waals surface area contributed by atoms with Gasteiger partial charge >= 0.3 is 5.97 Å². The van der Waals surface area contributed by atoms with E-state index in [2.05, 4.69) is 55.5 Å². The van der Waals surface area contributed by atoms with Gasteiger partial charge < -0.3 is 5.11 Å². The Labute approximate surface area is 184 Å². The predicted molar refractivity (Wildman–Crippen MR) is 130 cm³/mol. The van der Waals surface area contributed by atoms with Crippen molar-refractivity contribution in [3.05, 3.63) is 60.7 Å². The minimum absolute atomic E-state index is 0.345. The van der Waals surface area contributed by atoms with Crippen molar-refractivity contribution in [3.8, 4) is 11.1 Å². The number of aliphatic carboxylic acids is 1. The molecule has 0 aromatic heterocycles. The molecule has 0 aliphatic rings. The number of carboxylic acid groups (broad SMARTS) is 1. The second kappa shape index (κ2) is 18.9. The van der Waals surface area contributed by atoms with Gasteiger partial charge in [-0.25, -0.2) is 0 Å². The normalized spacial score (nSPS) is 10.3. The predicted octanol–water partition coefficient (Wildman–Crippen LogP) is 8.91. The van der Waals surface area contributed by atoms with E-state index in [0.29, 0.717) is 6.42 Å². The van der Waals surface area contributed by atoms with Crippen LogP contribution in [0.4, 0.5) is 0 Å². The zero-order valence-electron chi connectivity index (χ0n) is 19.0. The molecule has 0 fully saturated rings. The van der Waals surface area contributed by atoms with Gasteiger partial charge in [0, 0.05) is 6.42 Å². The van der Waals surface area contributed by atoms with E-state index in [1.807, 2.05) is 12.1 Å².